The quantitative estimate of drug-likeness (QED) is 0.502. The molecule has 5 unspecified atom stereocenters. The highest BCUT2D eigenvalue weighted by atomic mass is 19.1. The Hall–Kier alpha value is -3.43. The van der Waals surface area contributed by atoms with Gasteiger partial charge in [-0.1, -0.05) is 13.3 Å². The molecule has 1 aromatic heterocycles. The molecule has 37 heavy (non-hydrogen) atoms. The maximum atomic E-state index is 14.5. The van der Waals surface area contributed by atoms with Crippen molar-refractivity contribution < 1.29 is 28.3 Å². The summed E-state index contributed by atoms with van der Waals surface area (Å²) in [4.78, 5) is 56.7. The minimum Gasteiger partial charge on any atom is -0.496 e. The van der Waals surface area contributed by atoms with Gasteiger partial charge in [0.25, 0.3) is 5.91 Å². The van der Waals surface area contributed by atoms with E-state index in [2.05, 4.69) is 15.6 Å². The Labute approximate surface area is 214 Å². The third-order valence-electron chi connectivity index (χ3n) is 8.31. The van der Waals surface area contributed by atoms with E-state index in [1.807, 2.05) is 0 Å². The first-order chi connectivity index (χ1) is 17.8. The van der Waals surface area contributed by atoms with E-state index in [0.29, 0.717) is 30.6 Å². The van der Waals surface area contributed by atoms with Crippen molar-refractivity contribution >= 4 is 34.4 Å². The molecule has 2 saturated heterocycles. The number of Topliss-reactive ketones (excluding diaryl/α,β-unsaturated/α-hetero) is 1. The van der Waals surface area contributed by atoms with Gasteiger partial charge < -0.3 is 25.3 Å². The Morgan fingerprint density at radius 1 is 1.24 bits per heavy atom. The maximum absolute atomic E-state index is 14.5. The van der Waals surface area contributed by atoms with Crippen LogP contribution in [-0.2, 0) is 14.4 Å². The van der Waals surface area contributed by atoms with Crippen molar-refractivity contribution in [2.24, 2.45) is 17.8 Å². The van der Waals surface area contributed by atoms with Crippen LogP contribution in [0.3, 0.4) is 0 Å². The van der Waals surface area contributed by atoms with Crippen LogP contribution in [-0.4, -0.2) is 65.7 Å². The number of ether oxygens (including phenoxy) is 1. The van der Waals surface area contributed by atoms with Crippen LogP contribution in [0.5, 0.6) is 5.75 Å². The van der Waals surface area contributed by atoms with Gasteiger partial charge in [-0.15, -0.1) is 0 Å². The second-order valence-corrected chi connectivity index (χ2v) is 10.4. The van der Waals surface area contributed by atoms with Crippen LogP contribution in [0.15, 0.2) is 18.2 Å². The van der Waals surface area contributed by atoms with Crippen molar-refractivity contribution in [1.82, 2.24) is 20.5 Å². The van der Waals surface area contributed by atoms with Crippen LogP contribution in [0.4, 0.5) is 4.39 Å². The van der Waals surface area contributed by atoms with E-state index >= 15 is 0 Å². The number of ketones is 1. The standard InChI is InChI=1S/C27H33FN4O5/c1-3-21(33)19(11-14-9-10-29-25(14)34)31-26(35)24-16-6-4-5-15(16)13-32(24)27(36)20-12-17-22(37-2)8-7-18(28)23(17)30-20/h7-8,12,14-16,19,24,30H,3-6,9-11,13H2,1-2H3,(H,29,34)(H,31,35). The molecule has 10 heteroatoms. The average molecular weight is 513 g/mol. The Balaban J connectivity index is 1.41. The van der Waals surface area contributed by atoms with Gasteiger partial charge in [-0.3, -0.25) is 19.2 Å². The zero-order valence-electron chi connectivity index (χ0n) is 21.1. The summed E-state index contributed by atoms with van der Waals surface area (Å²) in [6, 6.07) is 2.83. The molecule has 5 atom stereocenters. The van der Waals surface area contributed by atoms with E-state index in [9.17, 15) is 23.6 Å². The van der Waals surface area contributed by atoms with E-state index in [0.717, 1.165) is 19.3 Å². The molecule has 1 aliphatic carbocycles. The number of carbonyl (C=O) groups is 4. The predicted molar refractivity (Wildman–Crippen MR) is 133 cm³/mol. The number of aromatic nitrogens is 1. The number of hydrogen-bond donors (Lipinski definition) is 3. The summed E-state index contributed by atoms with van der Waals surface area (Å²) in [5.41, 5.74) is 0.353. The van der Waals surface area contributed by atoms with Gasteiger partial charge in [-0.05, 0) is 55.7 Å². The summed E-state index contributed by atoms with van der Waals surface area (Å²) in [7, 11) is 1.48. The number of aromatic amines is 1. The number of amides is 3. The first-order valence-electron chi connectivity index (χ1n) is 13.1. The Morgan fingerprint density at radius 2 is 2.05 bits per heavy atom. The van der Waals surface area contributed by atoms with Gasteiger partial charge in [0.2, 0.25) is 11.8 Å². The van der Waals surface area contributed by atoms with Crippen molar-refractivity contribution in [3.05, 3.63) is 29.7 Å². The highest BCUT2D eigenvalue weighted by molar-refractivity contribution is 6.02. The number of methoxy groups -OCH3 is 1. The molecule has 3 aliphatic rings. The number of nitrogens with zero attached hydrogens (tertiary/aromatic N) is 1. The maximum Gasteiger partial charge on any atom is 0.271 e. The van der Waals surface area contributed by atoms with E-state index in [1.54, 1.807) is 17.9 Å². The molecule has 9 nitrogen and oxygen atoms in total. The van der Waals surface area contributed by atoms with Crippen molar-refractivity contribution in [1.29, 1.82) is 0 Å². The van der Waals surface area contributed by atoms with Crippen molar-refractivity contribution in [2.75, 3.05) is 20.2 Å². The molecule has 0 spiro atoms. The number of rotatable bonds is 8. The van der Waals surface area contributed by atoms with Crippen LogP contribution in [0.2, 0.25) is 0 Å². The number of benzene rings is 1. The zero-order valence-corrected chi connectivity index (χ0v) is 21.1. The Kier molecular flexibility index (Phi) is 6.92. The zero-order chi connectivity index (χ0) is 26.3. The molecular formula is C27H33FN4O5. The van der Waals surface area contributed by atoms with Gasteiger partial charge in [-0.25, -0.2) is 4.39 Å². The van der Waals surface area contributed by atoms with Crippen molar-refractivity contribution in [2.45, 2.75) is 57.5 Å². The highest BCUT2D eigenvalue weighted by Gasteiger charge is 2.50. The summed E-state index contributed by atoms with van der Waals surface area (Å²) < 4.78 is 19.8. The number of likely N-dealkylation sites (tertiary alicyclic amines) is 1. The predicted octanol–water partition coefficient (Wildman–Crippen LogP) is 2.55. The minimum atomic E-state index is -0.782. The van der Waals surface area contributed by atoms with Gasteiger partial charge >= 0.3 is 0 Å². The number of halogens is 1. The lowest BCUT2D eigenvalue weighted by molar-refractivity contribution is -0.132. The average Bonchev–Trinajstić information content (AvgIpc) is 3.67. The van der Waals surface area contributed by atoms with Gasteiger partial charge in [0.15, 0.2) is 5.78 Å². The van der Waals surface area contributed by atoms with E-state index in [-0.39, 0.29) is 65.3 Å². The number of carbonyl (C=O) groups excluding carboxylic acids is 4. The molecule has 1 aromatic carbocycles. The molecule has 2 aromatic rings. The summed E-state index contributed by atoms with van der Waals surface area (Å²) in [6.45, 7) is 2.72. The first-order valence-corrected chi connectivity index (χ1v) is 13.1. The van der Waals surface area contributed by atoms with Gasteiger partial charge in [0, 0.05) is 30.8 Å². The van der Waals surface area contributed by atoms with Crippen LogP contribution in [0, 0.1) is 23.6 Å². The molecule has 1 saturated carbocycles. The van der Waals surface area contributed by atoms with E-state index in [1.165, 1.54) is 19.2 Å². The monoisotopic (exact) mass is 512 g/mol. The lowest BCUT2D eigenvalue weighted by Crippen LogP contribution is -2.53. The Bertz CT molecular complexity index is 1240. The fraction of sp³-hybridized carbons (Fsp3) is 0.556. The lowest BCUT2D eigenvalue weighted by atomic mass is 9.91. The molecule has 3 heterocycles. The molecule has 5 rings (SSSR count). The third kappa shape index (κ3) is 4.57. The topological polar surface area (TPSA) is 121 Å². The number of hydrogen-bond acceptors (Lipinski definition) is 5. The molecule has 0 radical (unpaired) electrons. The molecule has 3 N–H and O–H groups in total. The molecule has 0 bridgehead atoms. The summed E-state index contributed by atoms with van der Waals surface area (Å²) in [5, 5.41) is 6.14. The van der Waals surface area contributed by atoms with Crippen LogP contribution >= 0.6 is 0 Å². The number of H-pyrrole nitrogens is 1. The van der Waals surface area contributed by atoms with E-state index in [4.69, 9.17) is 4.74 Å². The van der Waals surface area contributed by atoms with Crippen LogP contribution in [0.25, 0.3) is 10.9 Å². The lowest BCUT2D eigenvalue weighted by Gasteiger charge is -2.29. The molecular weight excluding hydrogens is 479 g/mol. The fourth-order valence-electron chi connectivity index (χ4n) is 6.39. The number of fused-ring (bicyclic) bond motifs is 2. The second-order valence-electron chi connectivity index (χ2n) is 10.4. The van der Waals surface area contributed by atoms with Crippen molar-refractivity contribution in [3.8, 4) is 5.75 Å². The SMILES string of the molecule is CCC(=O)C(CC1CCNC1=O)NC(=O)C1C2CCCC2CN1C(=O)c1cc2c(OC)ccc(F)c2[nH]1. The molecule has 198 valence electrons. The normalized spacial score (nSPS) is 25.7. The first kappa shape index (κ1) is 25.2. The summed E-state index contributed by atoms with van der Waals surface area (Å²) >= 11 is 0. The van der Waals surface area contributed by atoms with E-state index < -0.39 is 17.9 Å². The minimum absolute atomic E-state index is 0.00763. The van der Waals surface area contributed by atoms with Crippen LogP contribution in [0.1, 0.15) is 55.9 Å². The molecule has 3 fully saturated rings. The third-order valence-corrected chi connectivity index (χ3v) is 8.31. The van der Waals surface area contributed by atoms with Crippen molar-refractivity contribution in [3.63, 3.8) is 0 Å². The largest absolute Gasteiger partial charge is 0.496 e. The summed E-state index contributed by atoms with van der Waals surface area (Å²) in [5.74, 6) is -1.19. The second kappa shape index (κ2) is 10.1. The smallest absolute Gasteiger partial charge is 0.271 e. The van der Waals surface area contributed by atoms with Gasteiger partial charge in [-0.2, -0.15) is 0 Å². The molecule has 2 aliphatic heterocycles. The highest BCUT2D eigenvalue weighted by Crippen LogP contribution is 2.43. The Morgan fingerprint density at radius 3 is 2.76 bits per heavy atom. The molecule has 3 amide bonds. The van der Waals surface area contributed by atoms with Gasteiger partial charge in [0.1, 0.15) is 23.3 Å². The van der Waals surface area contributed by atoms with Gasteiger partial charge in [0.05, 0.1) is 18.7 Å². The number of nitrogens with one attached hydrogen (secondary N) is 3. The fourth-order valence-corrected chi connectivity index (χ4v) is 6.39. The summed E-state index contributed by atoms with van der Waals surface area (Å²) in [6.07, 6.45) is 3.84. The van der Waals surface area contributed by atoms with Crippen LogP contribution < -0.4 is 15.4 Å².